The first kappa shape index (κ1) is 19.4. The second-order valence-corrected chi connectivity index (χ2v) is 8.39. The van der Waals surface area contributed by atoms with Gasteiger partial charge in [0.25, 0.3) is 5.91 Å². The van der Waals surface area contributed by atoms with Gasteiger partial charge in [0.2, 0.25) is 5.89 Å². The van der Waals surface area contributed by atoms with Crippen molar-refractivity contribution in [2.24, 2.45) is 0 Å². The molecule has 29 heavy (non-hydrogen) atoms. The van der Waals surface area contributed by atoms with Gasteiger partial charge in [-0.15, -0.1) is 21.5 Å². The number of thiophene rings is 1. The minimum Gasteiger partial charge on any atom is -0.447 e. The fourth-order valence-electron chi connectivity index (χ4n) is 2.68. The molecule has 0 saturated carbocycles. The van der Waals surface area contributed by atoms with Crippen LogP contribution in [-0.4, -0.2) is 31.7 Å². The first-order valence-corrected chi connectivity index (χ1v) is 10.9. The summed E-state index contributed by atoms with van der Waals surface area (Å²) in [6.07, 6.45) is 1.38. The topological polar surface area (TPSA) is 85.8 Å². The molecule has 4 rings (SSSR count). The van der Waals surface area contributed by atoms with Crippen molar-refractivity contribution in [2.45, 2.75) is 30.8 Å². The summed E-state index contributed by atoms with van der Waals surface area (Å²) in [6, 6.07) is 14.0. The van der Waals surface area contributed by atoms with Gasteiger partial charge < -0.3 is 9.73 Å². The number of nitrogens with one attached hydrogen (secondary N) is 1. The van der Waals surface area contributed by atoms with Crippen molar-refractivity contribution >= 4 is 29.0 Å². The molecule has 0 saturated heterocycles. The van der Waals surface area contributed by atoms with Crippen LogP contribution in [0.1, 0.15) is 30.2 Å². The van der Waals surface area contributed by atoms with Crippen LogP contribution in [0.3, 0.4) is 0 Å². The number of carbonyl (C=O) groups excluding carboxylic acids is 1. The summed E-state index contributed by atoms with van der Waals surface area (Å²) in [7, 11) is 0. The van der Waals surface area contributed by atoms with Crippen LogP contribution in [0, 0.1) is 0 Å². The molecule has 1 aromatic carbocycles. The smallest absolute Gasteiger partial charge is 0.273 e. The zero-order chi connectivity index (χ0) is 20.2. The Morgan fingerprint density at radius 2 is 2.03 bits per heavy atom. The standard InChI is InChI=1S/C20H19N5O2S2/c1-13(2)21-19(26)15-11-27-17(22-15)12-29-20-24-23-18(16-9-6-10-28-16)25(20)14-7-4-3-5-8-14/h3-11,13H,12H2,1-2H3,(H,21,26). The predicted molar refractivity (Wildman–Crippen MR) is 113 cm³/mol. The SMILES string of the molecule is CC(C)NC(=O)c1coc(CSc2nnc(-c3cccs3)n2-c2ccccc2)n1. The maximum absolute atomic E-state index is 12.1. The minimum atomic E-state index is -0.243. The van der Waals surface area contributed by atoms with Gasteiger partial charge in [-0.3, -0.25) is 9.36 Å². The molecule has 1 N–H and O–H groups in total. The van der Waals surface area contributed by atoms with Crippen molar-refractivity contribution in [2.75, 3.05) is 0 Å². The maximum atomic E-state index is 12.1. The molecule has 3 heterocycles. The summed E-state index contributed by atoms with van der Waals surface area (Å²) in [4.78, 5) is 17.4. The Bertz CT molecular complexity index is 1090. The monoisotopic (exact) mass is 425 g/mol. The molecule has 0 fully saturated rings. The molecule has 0 radical (unpaired) electrons. The number of oxazole rings is 1. The summed E-state index contributed by atoms with van der Waals surface area (Å²) in [5.74, 6) is 1.44. The maximum Gasteiger partial charge on any atom is 0.273 e. The molecule has 0 aliphatic rings. The lowest BCUT2D eigenvalue weighted by atomic mass is 10.3. The molecular formula is C20H19N5O2S2. The molecule has 0 bridgehead atoms. The summed E-state index contributed by atoms with van der Waals surface area (Å²) in [5.41, 5.74) is 1.26. The van der Waals surface area contributed by atoms with Gasteiger partial charge in [0.05, 0.1) is 10.6 Å². The van der Waals surface area contributed by atoms with E-state index in [4.69, 9.17) is 4.42 Å². The van der Waals surface area contributed by atoms with Crippen molar-refractivity contribution in [1.82, 2.24) is 25.1 Å². The third-order valence-corrected chi connectivity index (χ3v) is 5.70. The second kappa shape index (κ2) is 8.62. The molecule has 0 aliphatic heterocycles. The number of hydrogen-bond acceptors (Lipinski definition) is 7. The molecule has 7 nitrogen and oxygen atoms in total. The molecule has 1 amide bonds. The number of para-hydroxylation sites is 1. The zero-order valence-corrected chi connectivity index (χ0v) is 17.5. The highest BCUT2D eigenvalue weighted by atomic mass is 32.2. The summed E-state index contributed by atoms with van der Waals surface area (Å²) >= 11 is 3.07. The number of benzene rings is 1. The third kappa shape index (κ3) is 4.41. The van der Waals surface area contributed by atoms with Crippen LogP contribution in [-0.2, 0) is 5.75 Å². The normalized spacial score (nSPS) is 11.1. The average Bonchev–Trinajstić information content (AvgIpc) is 3.46. The van der Waals surface area contributed by atoms with Crippen molar-refractivity contribution in [3.63, 3.8) is 0 Å². The van der Waals surface area contributed by atoms with Crippen LogP contribution >= 0.6 is 23.1 Å². The van der Waals surface area contributed by atoms with E-state index in [1.807, 2.05) is 66.3 Å². The lowest BCUT2D eigenvalue weighted by molar-refractivity contribution is 0.0938. The largest absolute Gasteiger partial charge is 0.447 e. The van der Waals surface area contributed by atoms with E-state index >= 15 is 0 Å². The van der Waals surface area contributed by atoms with E-state index in [1.54, 1.807) is 11.3 Å². The molecule has 9 heteroatoms. The van der Waals surface area contributed by atoms with E-state index in [-0.39, 0.29) is 17.6 Å². The number of thioether (sulfide) groups is 1. The Morgan fingerprint density at radius 3 is 2.76 bits per heavy atom. The van der Waals surface area contributed by atoms with Crippen molar-refractivity contribution in [3.05, 3.63) is 65.7 Å². The van der Waals surface area contributed by atoms with E-state index in [0.717, 1.165) is 21.5 Å². The molecular weight excluding hydrogens is 406 g/mol. The minimum absolute atomic E-state index is 0.0390. The van der Waals surface area contributed by atoms with E-state index < -0.39 is 0 Å². The van der Waals surface area contributed by atoms with Gasteiger partial charge in [-0.25, -0.2) is 4.98 Å². The first-order chi connectivity index (χ1) is 14.1. The van der Waals surface area contributed by atoms with Gasteiger partial charge in [-0.05, 0) is 37.4 Å². The Labute approximate surface area is 176 Å². The quantitative estimate of drug-likeness (QED) is 0.441. The third-order valence-electron chi connectivity index (χ3n) is 3.92. The van der Waals surface area contributed by atoms with E-state index in [0.29, 0.717) is 11.6 Å². The fraction of sp³-hybridized carbons (Fsp3) is 0.200. The molecule has 0 atom stereocenters. The van der Waals surface area contributed by atoms with E-state index in [2.05, 4.69) is 20.5 Å². The number of aromatic nitrogens is 4. The lowest BCUT2D eigenvalue weighted by Crippen LogP contribution is -2.30. The molecule has 0 unspecified atom stereocenters. The van der Waals surface area contributed by atoms with Gasteiger partial charge in [0.15, 0.2) is 16.7 Å². The summed E-state index contributed by atoms with van der Waals surface area (Å²) < 4.78 is 7.49. The highest BCUT2D eigenvalue weighted by Crippen LogP contribution is 2.31. The van der Waals surface area contributed by atoms with Gasteiger partial charge in [-0.2, -0.15) is 0 Å². The molecule has 4 aromatic rings. The van der Waals surface area contributed by atoms with Gasteiger partial charge >= 0.3 is 0 Å². The van der Waals surface area contributed by atoms with Crippen LogP contribution in [0.2, 0.25) is 0 Å². The predicted octanol–water partition coefficient (Wildman–Crippen LogP) is 4.41. The fourth-order valence-corrected chi connectivity index (χ4v) is 4.19. The number of amides is 1. The molecule has 3 aromatic heterocycles. The van der Waals surface area contributed by atoms with Crippen molar-refractivity contribution < 1.29 is 9.21 Å². The second-order valence-electron chi connectivity index (χ2n) is 6.50. The molecule has 148 valence electrons. The number of rotatable bonds is 7. The number of hydrogen-bond donors (Lipinski definition) is 1. The highest BCUT2D eigenvalue weighted by Gasteiger charge is 2.18. The number of carbonyl (C=O) groups is 1. The Balaban J connectivity index is 1.57. The molecule has 0 aliphatic carbocycles. The van der Waals surface area contributed by atoms with Crippen LogP contribution < -0.4 is 5.32 Å². The van der Waals surface area contributed by atoms with Crippen molar-refractivity contribution in [3.8, 4) is 16.4 Å². The Hall–Kier alpha value is -2.91. The Kier molecular flexibility index (Phi) is 5.77. The zero-order valence-electron chi connectivity index (χ0n) is 15.9. The van der Waals surface area contributed by atoms with Gasteiger partial charge in [-0.1, -0.05) is 36.0 Å². The highest BCUT2D eigenvalue weighted by molar-refractivity contribution is 7.98. The number of nitrogens with zero attached hydrogens (tertiary/aromatic N) is 4. The average molecular weight is 426 g/mol. The van der Waals surface area contributed by atoms with Crippen LogP contribution in [0.5, 0.6) is 0 Å². The van der Waals surface area contributed by atoms with Crippen molar-refractivity contribution in [1.29, 1.82) is 0 Å². The lowest BCUT2D eigenvalue weighted by Gasteiger charge is -2.08. The van der Waals surface area contributed by atoms with E-state index in [1.165, 1.54) is 18.0 Å². The Morgan fingerprint density at radius 1 is 1.21 bits per heavy atom. The first-order valence-electron chi connectivity index (χ1n) is 9.04. The van der Waals surface area contributed by atoms with E-state index in [9.17, 15) is 4.79 Å². The van der Waals surface area contributed by atoms with Crippen LogP contribution in [0.25, 0.3) is 16.4 Å². The summed E-state index contributed by atoms with van der Waals surface area (Å²) in [5, 5.41) is 14.3. The van der Waals surface area contributed by atoms with Gasteiger partial charge in [0.1, 0.15) is 6.26 Å². The van der Waals surface area contributed by atoms with Crippen LogP contribution in [0.15, 0.2) is 63.7 Å². The van der Waals surface area contributed by atoms with Crippen LogP contribution in [0.4, 0.5) is 0 Å². The summed E-state index contributed by atoms with van der Waals surface area (Å²) in [6.45, 7) is 3.80. The van der Waals surface area contributed by atoms with Gasteiger partial charge in [0, 0.05) is 11.7 Å². The molecule has 0 spiro atoms.